The number of benzene rings is 1. The van der Waals surface area contributed by atoms with E-state index in [1.165, 1.54) is 11.3 Å². The summed E-state index contributed by atoms with van der Waals surface area (Å²) in [6, 6.07) is 10.5. The third kappa shape index (κ3) is 3.87. The maximum Gasteiger partial charge on any atom is 0.338 e. The van der Waals surface area contributed by atoms with Crippen LogP contribution in [0.15, 0.2) is 45.5 Å². The average Bonchev–Trinajstić information content (AvgIpc) is 2.79. The third-order valence-electron chi connectivity index (χ3n) is 2.24. The number of thiophene rings is 1. The van der Waals surface area contributed by atoms with Crippen LogP contribution in [0.1, 0.15) is 4.88 Å². The topological polar surface area (TPSA) is 66.6 Å². The molecule has 0 bridgehead atoms. The van der Waals surface area contributed by atoms with E-state index >= 15 is 0 Å². The van der Waals surface area contributed by atoms with E-state index in [0.29, 0.717) is 10.1 Å². The van der Waals surface area contributed by atoms with Crippen LogP contribution in [-0.4, -0.2) is 16.3 Å². The molecule has 0 aliphatic carbocycles. The predicted octanol–water partition coefficient (Wildman–Crippen LogP) is 3.82. The Morgan fingerprint density at radius 2 is 2.11 bits per heavy atom. The summed E-state index contributed by atoms with van der Waals surface area (Å²) < 4.78 is 1.03. The van der Waals surface area contributed by atoms with E-state index in [0.717, 1.165) is 14.0 Å². The van der Waals surface area contributed by atoms with E-state index in [-0.39, 0.29) is 6.54 Å². The molecule has 1 aromatic carbocycles. The molecule has 0 aliphatic rings. The van der Waals surface area contributed by atoms with Crippen LogP contribution in [0.2, 0.25) is 5.02 Å². The fourth-order valence-corrected chi connectivity index (χ4v) is 3.75. The number of halogens is 1. The molecule has 1 aromatic heterocycles. The van der Waals surface area contributed by atoms with Gasteiger partial charge in [0.2, 0.25) is 0 Å². The van der Waals surface area contributed by atoms with E-state index in [4.69, 9.17) is 17.3 Å². The summed E-state index contributed by atoms with van der Waals surface area (Å²) in [6.45, 7) is 0.0864. The van der Waals surface area contributed by atoms with Gasteiger partial charge in [0.25, 0.3) is 0 Å². The van der Waals surface area contributed by atoms with Crippen molar-refractivity contribution in [3.8, 4) is 0 Å². The van der Waals surface area contributed by atoms with Crippen LogP contribution in [-0.2, 0) is 6.54 Å². The van der Waals surface area contributed by atoms with Crippen molar-refractivity contribution in [1.82, 2.24) is 5.06 Å². The van der Waals surface area contributed by atoms with Gasteiger partial charge in [-0.05, 0) is 24.3 Å². The van der Waals surface area contributed by atoms with Crippen molar-refractivity contribution in [3.63, 3.8) is 0 Å². The number of carbonyl (C=O) groups is 1. The number of carbonyl (C=O) groups excluding carboxylic acids is 1. The summed E-state index contributed by atoms with van der Waals surface area (Å²) in [4.78, 5) is 12.5. The maximum atomic E-state index is 10.7. The molecule has 1 heterocycles. The van der Waals surface area contributed by atoms with Gasteiger partial charge in [-0.15, -0.1) is 11.3 Å². The highest BCUT2D eigenvalue weighted by molar-refractivity contribution is 8.01. The van der Waals surface area contributed by atoms with Gasteiger partial charge in [0.1, 0.15) is 0 Å². The number of hydroxylamine groups is 2. The second-order valence-electron chi connectivity index (χ2n) is 3.65. The van der Waals surface area contributed by atoms with Crippen LogP contribution in [0.4, 0.5) is 4.79 Å². The number of nitrogens with zero attached hydrogens (tertiary/aromatic N) is 1. The maximum absolute atomic E-state index is 10.7. The molecule has 2 aromatic rings. The molecule has 0 saturated heterocycles. The summed E-state index contributed by atoms with van der Waals surface area (Å²) in [5.41, 5.74) is 4.95. The number of nitrogens with two attached hydrogens (primary N) is 1. The number of hydrogen-bond acceptors (Lipinski definition) is 4. The smallest absolute Gasteiger partial charge is 0.338 e. The summed E-state index contributed by atoms with van der Waals surface area (Å²) in [6.07, 6.45) is 0. The number of primary amides is 1. The van der Waals surface area contributed by atoms with Crippen LogP contribution in [0.25, 0.3) is 0 Å². The van der Waals surface area contributed by atoms with Gasteiger partial charge >= 0.3 is 6.03 Å². The monoisotopic (exact) mass is 314 g/mol. The van der Waals surface area contributed by atoms with Crippen molar-refractivity contribution < 1.29 is 10.0 Å². The van der Waals surface area contributed by atoms with Crippen molar-refractivity contribution in [1.29, 1.82) is 0 Å². The van der Waals surface area contributed by atoms with E-state index in [1.54, 1.807) is 11.8 Å². The van der Waals surface area contributed by atoms with Crippen LogP contribution < -0.4 is 5.73 Å². The lowest BCUT2D eigenvalue weighted by Crippen LogP contribution is -2.31. The zero-order chi connectivity index (χ0) is 13.8. The molecule has 19 heavy (non-hydrogen) atoms. The number of urea groups is 1. The minimum absolute atomic E-state index is 0.0864. The fourth-order valence-electron chi connectivity index (χ4n) is 1.36. The van der Waals surface area contributed by atoms with E-state index in [9.17, 15) is 10.0 Å². The predicted molar refractivity (Wildman–Crippen MR) is 76.8 cm³/mol. The molecular formula is C12H11ClN2O2S2. The van der Waals surface area contributed by atoms with E-state index in [1.807, 2.05) is 36.4 Å². The van der Waals surface area contributed by atoms with Crippen molar-refractivity contribution in [2.45, 2.75) is 15.6 Å². The van der Waals surface area contributed by atoms with Gasteiger partial charge in [0.05, 0.1) is 15.8 Å². The van der Waals surface area contributed by atoms with E-state index in [2.05, 4.69) is 0 Å². The molecule has 0 fully saturated rings. The van der Waals surface area contributed by atoms with Crippen LogP contribution in [0.3, 0.4) is 0 Å². The van der Waals surface area contributed by atoms with Crippen molar-refractivity contribution in [2.75, 3.05) is 0 Å². The molecule has 7 heteroatoms. The highest BCUT2D eigenvalue weighted by atomic mass is 35.5. The van der Waals surface area contributed by atoms with Gasteiger partial charge in [-0.25, -0.2) is 9.86 Å². The zero-order valence-corrected chi connectivity index (χ0v) is 12.1. The SMILES string of the molecule is NC(=O)N(O)Cc1ccc(Sc2ccccc2Cl)s1. The molecule has 100 valence electrons. The molecule has 2 amide bonds. The van der Waals surface area contributed by atoms with Gasteiger partial charge in [0.15, 0.2) is 0 Å². The lowest BCUT2D eigenvalue weighted by atomic mass is 10.4. The first-order valence-electron chi connectivity index (χ1n) is 5.33. The second-order valence-corrected chi connectivity index (χ2v) is 6.57. The Bertz CT molecular complexity index is 589. The Kier molecular flexibility index (Phi) is 4.71. The lowest BCUT2D eigenvalue weighted by molar-refractivity contribution is -0.0462. The first-order valence-corrected chi connectivity index (χ1v) is 7.34. The van der Waals surface area contributed by atoms with Crippen molar-refractivity contribution >= 4 is 40.7 Å². The number of hydrogen-bond donors (Lipinski definition) is 2. The summed E-state index contributed by atoms with van der Waals surface area (Å²) in [5.74, 6) is 0. The Morgan fingerprint density at radius 1 is 1.37 bits per heavy atom. The van der Waals surface area contributed by atoms with Crippen molar-refractivity contribution in [2.24, 2.45) is 5.73 Å². The largest absolute Gasteiger partial charge is 0.350 e. The van der Waals surface area contributed by atoms with Crippen molar-refractivity contribution in [3.05, 3.63) is 46.3 Å². The Hall–Kier alpha value is -1.21. The molecule has 2 rings (SSSR count). The minimum atomic E-state index is -0.867. The van der Waals surface area contributed by atoms with Gasteiger partial charge in [-0.3, -0.25) is 5.21 Å². The summed E-state index contributed by atoms with van der Waals surface area (Å²) in [5, 5.41) is 10.4. The molecule has 4 nitrogen and oxygen atoms in total. The normalized spacial score (nSPS) is 10.4. The van der Waals surface area contributed by atoms with E-state index < -0.39 is 6.03 Å². The standard InChI is InChI=1S/C12H11ClN2O2S2/c13-9-3-1-2-4-10(9)19-11-6-5-8(18-11)7-15(17)12(14)16/h1-6,17H,7H2,(H2,14,16). The van der Waals surface area contributed by atoms with Crippen LogP contribution in [0.5, 0.6) is 0 Å². The fraction of sp³-hybridized carbons (Fsp3) is 0.0833. The molecular weight excluding hydrogens is 304 g/mol. The van der Waals surface area contributed by atoms with Gasteiger partial charge < -0.3 is 5.73 Å². The third-order valence-corrected chi connectivity index (χ3v) is 4.96. The summed E-state index contributed by atoms with van der Waals surface area (Å²) in [7, 11) is 0. The number of amides is 2. The molecule has 0 unspecified atom stereocenters. The first-order chi connectivity index (χ1) is 9.06. The molecule has 0 aliphatic heterocycles. The first kappa shape index (κ1) is 14.2. The highest BCUT2D eigenvalue weighted by Crippen LogP contribution is 2.37. The second kappa shape index (κ2) is 6.29. The van der Waals surface area contributed by atoms with Gasteiger partial charge in [0, 0.05) is 9.77 Å². The zero-order valence-electron chi connectivity index (χ0n) is 9.75. The molecule has 0 saturated carbocycles. The average molecular weight is 315 g/mol. The Balaban J connectivity index is 2.06. The van der Waals surface area contributed by atoms with Crippen LogP contribution in [0, 0.1) is 0 Å². The lowest BCUT2D eigenvalue weighted by Gasteiger charge is -2.09. The quantitative estimate of drug-likeness (QED) is 0.666. The molecule has 0 spiro atoms. The molecule has 0 atom stereocenters. The Morgan fingerprint density at radius 3 is 2.79 bits per heavy atom. The minimum Gasteiger partial charge on any atom is -0.350 e. The molecule has 0 radical (unpaired) electrons. The van der Waals surface area contributed by atoms with Gasteiger partial charge in [-0.2, -0.15) is 0 Å². The van der Waals surface area contributed by atoms with Gasteiger partial charge in [-0.1, -0.05) is 35.5 Å². The Labute approximate surface area is 123 Å². The highest BCUT2D eigenvalue weighted by Gasteiger charge is 2.10. The molecule has 3 N–H and O–H groups in total. The number of rotatable bonds is 4. The summed E-state index contributed by atoms with van der Waals surface area (Å²) >= 11 is 9.10. The van der Waals surface area contributed by atoms with Crippen LogP contribution >= 0.6 is 34.7 Å².